The molecule has 2 aromatic rings. The van der Waals surface area contributed by atoms with Crippen molar-refractivity contribution in [3.8, 4) is 0 Å². The number of para-hydroxylation sites is 1. The highest BCUT2D eigenvalue weighted by atomic mass is 32.1. The summed E-state index contributed by atoms with van der Waals surface area (Å²) < 4.78 is 7.05. The van der Waals surface area contributed by atoms with Crippen molar-refractivity contribution in [2.24, 2.45) is 0 Å². The van der Waals surface area contributed by atoms with E-state index in [9.17, 15) is 4.79 Å². The smallest absolute Gasteiger partial charge is 0.262 e. The number of methoxy groups -OCH3 is 1. The monoisotopic (exact) mass is 250 g/mol. The third-order valence-corrected chi connectivity index (χ3v) is 2.98. The maximum Gasteiger partial charge on any atom is 0.262 e. The highest BCUT2D eigenvalue weighted by molar-refractivity contribution is 7.71. The lowest BCUT2D eigenvalue weighted by Gasteiger charge is -2.14. The van der Waals surface area contributed by atoms with E-state index < -0.39 is 0 Å². The van der Waals surface area contributed by atoms with Crippen LogP contribution < -0.4 is 5.56 Å². The van der Waals surface area contributed by atoms with Gasteiger partial charge in [-0.15, -0.1) is 0 Å². The molecule has 2 rings (SSSR count). The minimum absolute atomic E-state index is 0.0751. The molecular weight excluding hydrogens is 236 g/mol. The van der Waals surface area contributed by atoms with Crippen LogP contribution in [0.15, 0.2) is 29.1 Å². The van der Waals surface area contributed by atoms with Crippen molar-refractivity contribution in [3.05, 3.63) is 39.4 Å². The number of nitrogens with zero attached hydrogens (tertiary/aromatic N) is 1. The van der Waals surface area contributed by atoms with Crippen LogP contribution in [-0.4, -0.2) is 23.3 Å². The summed E-state index contributed by atoms with van der Waals surface area (Å²) >= 11 is 5.21. The minimum atomic E-state index is -0.0825. The van der Waals surface area contributed by atoms with Gasteiger partial charge >= 0.3 is 0 Å². The molecule has 0 fully saturated rings. The molecule has 1 N–H and O–H groups in total. The molecule has 0 unspecified atom stereocenters. The lowest BCUT2D eigenvalue weighted by Crippen LogP contribution is -2.27. The Balaban J connectivity index is 2.72. The molecule has 0 aliphatic heterocycles. The van der Waals surface area contributed by atoms with Crippen molar-refractivity contribution >= 4 is 23.1 Å². The molecule has 0 aliphatic rings. The summed E-state index contributed by atoms with van der Waals surface area (Å²) in [6.45, 7) is 2.36. The van der Waals surface area contributed by atoms with Gasteiger partial charge in [0.25, 0.3) is 5.56 Å². The topological polar surface area (TPSA) is 47.0 Å². The summed E-state index contributed by atoms with van der Waals surface area (Å²) in [5.41, 5.74) is 0.692. The first kappa shape index (κ1) is 12.0. The van der Waals surface area contributed by atoms with Crippen LogP contribution in [0.1, 0.15) is 13.0 Å². The maximum absolute atomic E-state index is 12.3. The van der Waals surface area contributed by atoms with Gasteiger partial charge in [0.15, 0.2) is 4.77 Å². The van der Waals surface area contributed by atoms with Crippen LogP contribution in [0.4, 0.5) is 0 Å². The van der Waals surface area contributed by atoms with Crippen LogP contribution in [-0.2, 0) is 4.74 Å². The number of nitrogens with one attached hydrogen (secondary N) is 1. The molecule has 0 amide bonds. The predicted molar refractivity (Wildman–Crippen MR) is 70.0 cm³/mol. The van der Waals surface area contributed by atoms with Gasteiger partial charge in [0.1, 0.15) is 0 Å². The van der Waals surface area contributed by atoms with Gasteiger partial charge in [-0.3, -0.25) is 9.36 Å². The number of benzene rings is 1. The second-order valence-corrected chi connectivity index (χ2v) is 4.34. The van der Waals surface area contributed by atoms with E-state index in [4.69, 9.17) is 17.0 Å². The van der Waals surface area contributed by atoms with Crippen molar-refractivity contribution in [1.82, 2.24) is 9.55 Å². The van der Waals surface area contributed by atoms with E-state index in [-0.39, 0.29) is 11.6 Å². The molecule has 0 saturated carbocycles. The van der Waals surface area contributed by atoms with Gasteiger partial charge in [0.05, 0.1) is 23.6 Å². The summed E-state index contributed by atoms with van der Waals surface area (Å²) in [5.74, 6) is 0. The molecule has 1 aromatic heterocycles. The Kier molecular flexibility index (Phi) is 3.40. The van der Waals surface area contributed by atoms with Crippen molar-refractivity contribution in [2.75, 3.05) is 13.7 Å². The van der Waals surface area contributed by atoms with Crippen molar-refractivity contribution in [2.45, 2.75) is 13.0 Å². The Bertz CT molecular complexity index is 645. The van der Waals surface area contributed by atoms with Crippen LogP contribution in [0.2, 0.25) is 0 Å². The highest BCUT2D eigenvalue weighted by Gasteiger charge is 2.10. The number of aromatic nitrogens is 2. The fourth-order valence-electron chi connectivity index (χ4n) is 1.89. The largest absolute Gasteiger partial charge is 0.383 e. The second kappa shape index (κ2) is 4.81. The molecule has 5 heteroatoms. The van der Waals surface area contributed by atoms with Crippen LogP contribution in [0.3, 0.4) is 0 Å². The molecule has 0 bridgehead atoms. The summed E-state index contributed by atoms with van der Waals surface area (Å²) in [6.07, 6.45) is 0. The van der Waals surface area contributed by atoms with Gasteiger partial charge in [0.2, 0.25) is 0 Å². The normalized spacial score (nSPS) is 12.8. The summed E-state index contributed by atoms with van der Waals surface area (Å²) in [7, 11) is 1.61. The maximum atomic E-state index is 12.3. The minimum Gasteiger partial charge on any atom is -0.383 e. The fraction of sp³-hybridized carbons (Fsp3) is 0.333. The van der Waals surface area contributed by atoms with E-state index in [1.54, 1.807) is 17.7 Å². The summed E-state index contributed by atoms with van der Waals surface area (Å²) in [6, 6.07) is 7.26. The summed E-state index contributed by atoms with van der Waals surface area (Å²) in [5, 5.41) is 0.643. The molecule has 0 aliphatic carbocycles. The van der Waals surface area contributed by atoms with Crippen molar-refractivity contribution in [1.29, 1.82) is 0 Å². The average Bonchev–Trinajstić information content (AvgIpc) is 2.29. The Morgan fingerprint density at radius 1 is 1.47 bits per heavy atom. The number of aromatic amines is 1. The molecular formula is C12H14N2O2S. The molecule has 4 nitrogen and oxygen atoms in total. The molecule has 0 spiro atoms. The van der Waals surface area contributed by atoms with Crippen LogP contribution in [0, 0.1) is 4.77 Å². The highest BCUT2D eigenvalue weighted by Crippen LogP contribution is 2.09. The van der Waals surface area contributed by atoms with E-state index >= 15 is 0 Å². The number of hydrogen-bond donors (Lipinski definition) is 1. The van der Waals surface area contributed by atoms with Crippen molar-refractivity contribution < 1.29 is 4.74 Å². The van der Waals surface area contributed by atoms with E-state index in [1.807, 2.05) is 25.1 Å². The lowest BCUT2D eigenvalue weighted by molar-refractivity contribution is 0.160. The van der Waals surface area contributed by atoms with Crippen LogP contribution >= 0.6 is 12.2 Å². The summed E-state index contributed by atoms with van der Waals surface area (Å²) in [4.78, 5) is 15.3. The average molecular weight is 250 g/mol. The molecule has 90 valence electrons. The molecule has 1 atom stereocenters. The predicted octanol–water partition coefficient (Wildman–Crippen LogP) is 2.27. The van der Waals surface area contributed by atoms with Crippen LogP contribution in [0.5, 0.6) is 0 Å². The quantitative estimate of drug-likeness (QED) is 0.850. The molecule has 0 radical (unpaired) electrons. The third-order valence-electron chi connectivity index (χ3n) is 2.69. The number of rotatable bonds is 3. The van der Waals surface area contributed by atoms with Gasteiger partial charge in [-0.05, 0) is 31.3 Å². The lowest BCUT2D eigenvalue weighted by atomic mass is 10.2. The van der Waals surface area contributed by atoms with Gasteiger partial charge in [0, 0.05) is 7.11 Å². The van der Waals surface area contributed by atoms with Gasteiger partial charge in [-0.25, -0.2) is 0 Å². The number of hydrogen-bond acceptors (Lipinski definition) is 3. The number of H-pyrrole nitrogens is 1. The second-order valence-electron chi connectivity index (χ2n) is 3.96. The van der Waals surface area contributed by atoms with Gasteiger partial charge in [-0.2, -0.15) is 0 Å². The Labute approximate surface area is 104 Å². The van der Waals surface area contributed by atoms with Crippen LogP contribution in [0.25, 0.3) is 10.9 Å². The standard InChI is InChI=1S/C12H14N2O2S/c1-8(7-16-2)14-11(15)9-5-3-4-6-10(9)13-12(14)17/h3-6,8H,7H2,1-2H3,(H,13,17)/t8-/m1/s1. The molecule has 1 aromatic carbocycles. The third kappa shape index (κ3) is 2.16. The zero-order valence-corrected chi connectivity index (χ0v) is 10.6. The van der Waals surface area contributed by atoms with Gasteiger partial charge in [-0.1, -0.05) is 12.1 Å². The number of ether oxygens (including phenoxy) is 1. The Morgan fingerprint density at radius 2 is 2.18 bits per heavy atom. The molecule has 17 heavy (non-hydrogen) atoms. The molecule has 1 heterocycles. The van der Waals surface area contributed by atoms with E-state index in [0.29, 0.717) is 16.8 Å². The first-order valence-corrected chi connectivity index (χ1v) is 5.78. The van der Waals surface area contributed by atoms with Crippen molar-refractivity contribution in [3.63, 3.8) is 0 Å². The Hall–Kier alpha value is -1.46. The van der Waals surface area contributed by atoms with E-state index in [2.05, 4.69) is 4.98 Å². The molecule has 0 saturated heterocycles. The zero-order chi connectivity index (χ0) is 12.4. The Morgan fingerprint density at radius 3 is 2.88 bits per heavy atom. The first-order valence-electron chi connectivity index (χ1n) is 5.37. The fourth-order valence-corrected chi connectivity index (χ4v) is 2.26. The van der Waals surface area contributed by atoms with E-state index in [0.717, 1.165) is 5.52 Å². The first-order chi connectivity index (χ1) is 8.15. The van der Waals surface area contributed by atoms with E-state index in [1.165, 1.54) is 0 Å². The zero-order valence-electron chi connectivity index (χ0n) is 9.77. The SMILES string of the molecule is COC[C@@H](C)n1c(=S)[nH]c2ccccc2c1=O. The number of fused-ring (bicyclic) bond motifs is 1. The van der Waals surface area contributed by atoms with Gasteiger partial charge < -0.3 is 9.72 Å².